The van der Waals surface area contributed by atoms with Crippen molar-refractivity contribution in [3.8, 4) is 5.69 Å². The quantitative estimate of drug-likeness (QED) is 0.593. The summed E-state index contributed by atoms with van der Waals surface area (Å²) < 4.78 is 26.6. The zero-order chi connectivity index (χ0) is 23.9. The molecule has 0 aliphatic carbocycles. The Balaban J connectivity index is 1.38. The number of benzene rings is 2. The molecule has 2 aromatic carbocycles. The Hall–Kier alpha value is -3.72. The maximum Gasteiger partial charge on any atom is 0.415 e. The predicted molar refractivity (Wildman–Crippen MR) is 123 cm³/mol. The molecule has 176 valence electrons. The molecule has 2 aliphatic heterocycles. The number of anilines is 1. The number of amides is 2. The molecule has 2 aliphatic rings. The molecule has 1 atom stereocenters. The van der Waals surface area contributed by atoms with Gasteiger partial charge >= 0.3 is 6.09 Å². The summed E-state index contributed by atoms with van der Waals surface area (Å²) in [5, 5.41) is 4.50. The van der Waals surface area contributed by atoms with Crippen LogP contribution < -0.4 is 4.90 Å². The fraction of sp³-hybridized carbons (Fsp3) is 0.320. The van der Waals surface area contributed by atoms with Gasteiger partial charge in [0, 0.05) is 23.5 Å². The van der Waals surface area contributed by atoms with Crippen LogP contribution >= 0.6 is 0 Å². The van der Waals surface area contributed by atoms with Gasteiger partial charge in [0.25, 0.3) is 5.91 Å². The first-order valence-electron chi connectivity index (χ1n) is 11.1. The summed E-state index contributed by atoms with van der Waals surface area (Å²) in [6, 6.07) is 14.9. The number of hydrogen-bond acceptors (Lipinski definition) is 5. The molecule has 1 aromatic heterocycles. The minimum absolute atomic E-state index is 0.173. The van der Waals surface area contributed by atoms with E-state index in [1.807, 2.05) is 38.1 Å². The summed E-state index contributed by atoms with van der Waals surface area (Å²) in [4.78, 5) is 29.3. The lowest BCUT2D eigenvalue weighted by Gasteiger charge is -2.29. The summed E-state index contributed by atoms with van der Waals surface area (Å²) >= 11 is 0. The van der Waals surface area contributed by atoms with Crippen molar-refractivity contribution in [2.24, 2.45) is 0 Å². The molecule has 0 radical (unpaired) electrons. The number of carbonyl (C=O) groups excluding carboxylic acids is 2. The lowest BCUT2D eigenvalue weighted by molar-refractivity contribution is -0.0140. The number of carbonyl (C=O) groups is 2. The van der Waals surface area contributed by atoms with E-state index in [4.69, 9.17) is 9.47 Å². The molecule has 0 unspecified atom stereocenters. The monoisotopic (exact) mass is 464 g/mol. The Morgan fingerprint density at radius 2 is 1.85 bits per heavy atom. The minimum atomic E-state index is -1.01. The number of ether oxygens (including phenoxy) is 2. The Morgan fingerprint density at radius 1 is 1.06 bits per heavy atom. The molecular formula is C25H25FN4O4. The molecule has 0 bridgehead atoms. The highest BCUT2D eigenvalue weighted by atomic mass is 19.1. The maximum absolute atomic E-state index is 13.5. The van der Waals surface area contributed by atoms with E-state index in [0.29, 0.717) is 24.4 Å². The van der Waals surface area contributed by atoms with E-state index in [0.717, 1.165) is 17.1 Å². The number of aromatic nitrogens is 2. The van der Waals surface area contributed by atoms with Crippen molar-refractivity contribution in [3.05, 3.63) is 77.4 Å². The second-order valence-electron chi connectivity index (χ2n) is 8.78. The van der Waals surface area contributed by atoms with Gasteiger partial charge in [-0.2, -0.15) is 5.10 Å². The lowest BCUT2D eigenvalue weighted by atomic mass is 10.0. The van der Waals surface area contributed by atoms with Gasteiger partial charge in [-0.1, -0.05) is 6.07 Å². The normalized spacial score (nSPS) is 20.5. The third-order valence-electron chi connectivity index (χ3n) is 6.09. The standard InChI is InChI=1S/C25H25FN4O4/c1-17-12-18(2)30(27-17)22-5-3-4-19(13-22)23(31)28-10-11-33-16-25(14-28)15-29(24(32)34-25)21-8-6-20(26)7-9-21/h3-9,12-13H,10-11,14-16H2,1-2H3/t25-/m1/s1. The van der Waals surface area contributed by atoms with Crippen LogP contribution in [-0.2, 0) is 9.47 Å². The summed E-state index contributed by atoms with van der Waals surface area (Å²) in [7, 11) is 0. The van der Waals surface area contributed by atoms with E-state index in [1.165, 1.54) is 29.2 Å². The fourth-order valence-electron chi connectivity index (χ4n) is 4.52. The van der Waals surface area contributed by atoms with Crippen LogP contribution in [0.25, 0.3) is 5.69 Å². The fourth-order valence-corrected chi connectivity index (χ4v) is 4.52. The number of aryl methyl sites for hydroxylation is 2. The van der Waals surface area contributed by atoms with Gasteiger partial charge in [-0.15, -0.1) is 0 Å². The van der Waals surface area contributed by atoms with Crippen molar-refractivity contribution in [2.45, 2.75) is 19.4 Å². The molecule has 0 saturated carbocycles. The molecular weight excluding hydrogens is 439 g/mol. The Bertz CT molecular complexity index is 1240. The summed E-state index contributed by atoms with van der Waals surface area (Å²) in [5.41, 5.74) is 2.71. The average Bonchev–Trinajstić information content (AvgIpc) is 3.24. The molecule has 1 spiro atoms. The van der Waals surface area contributed by atoms with Crippen LogP contribution in [0.3, 0.4) is 0 Å². The van der Waals surface area contributed by atoms with Gasteiger partial charge in [0.1, 0.15) is 5.82 Å². The number of halogens is 1. The summed E-state index contributed by atoms with van der Waals surface area (Å²) in [6.07, 6.45) is -0.545. The number of hydrogen-bond donors (Lipinski definition) is 0. The van der Waals surface area contributed by atoms with E-state index < -0.39 is 11.7 Å². The Kier molecular flexibility index (Phi) is 5.57. The second-order valence-corrected chi connectivity index (χ2v) is 8.78. The second kappa shape index (κ2) is 8.57. The number of nitrogens with zero attached hydrogens (tertiary/aromatic N) is 4. The molecule has 0 N–H and O–H groups in total. The predicted octanol–water partition coefficient (Wildman–Crippen LogP) is 3.50. The highest BCUT2D eigenvalue weighted by Crippen LogP contribution is 2.31. The van der Waals surface area contributed by atoms with Crippen molar-refractivity contribution in [1.29, 1.82) is 0 Å². The van der Waals surface area contributed by atoms with E-state index in [-0.39, 0.29) is 31.4 Å². The highest BCUT2D eigenvalue weighted by molar-refractivity contribution is 5.95. The van der Waals surface area contributed by atoms with Crippen molar-refractivity contribution >= 4 is 17.7 Å². The van der Waals surface area contributed by atoms with Gasteiger partial charge in [-0.25, -0.2) is 13.9 Å². The molecule has 2 fully saturated rings. The zero-order valence-corrected chi connectivity index (χ0v) is 19.0. The average molecular weight is 464 g/mol. The van der Waals surface area contributed by atoms with Crippen molar-refractivity contribution in [3.63, 3.8) is 0 Å². The zero-order valence-electron chi connectivity index (χ0n) is 19.0. The first-order valence-corrected chi connectivity index (χ1v) is 11.1. The van der Waals surface area contributed by atoms with Gasteiger partial charge < -0.3 is 14.4 Å². The third-order valence-corrected chi connectivity index (χ3v) is 6.09. The molecule has 34 heavy (non-hydrogen) atoms. The lowest BCUT2D eigenvalue weighted by Crippen LogP contribution is -2.49. The molecule has 5 rings (SSSR count). The minimum Gasteiger partial charge on any atom is -0.436 e. The first kappa shape index (κ1) is 22.1. The van der Waals surface area contributed by atoms with Gasteiger partial charge in [0.05, 0.1) is 37.7 Å². The topological polar surface area (TPSA) is 76.9 Å². The van der Waals surface area contributed by atoms with Crippen LogP contribution in [0.2, 0.25) is 0 Å². The SMILES string of the molecule is Cc1cc(C)n(-c2cccc(C(=O)N3CCOC[C@@]4(C3)CN(c3ccc(F)cc3)C(=O)O4)c2)n1. The van der Waals surface area contributed by atoms with Crippen LogP contribution in [0.4, 0.5) is 14.9 Å². The third kappa shape index (κ3) is 4.14. The molecule has 2 amide bonds. The van der Waals surface area contributed by atoms with Gasteiger partial charge in [-0.05, 0) is 62.4 Å². The first-order chi connectivity index (χ1) is 16.3. The smallest absolute Gasteiger partial charge is 0.415 e. The van der Waals surface area contributed by atoms with Crippen LogP contribution in [0.5, 0.6) is 0 Å². The van der Waals surface area contributed by atoms with Gasteiger partial charge in [0.2, 0.25) is 0 Å². The maximum atomic E-state index is 13.5. The largest absolute Gasteiger partial charge is 0.436 e. The van der Waals surface area contributed by atoms with Crippen molar-refractivity contribution in [1.82, 2.24) is 14.7 Å². The van der Waals surface area contributed by atoms with E-state index in [2.05, 4.69) is 5.10 Å². The summed E-state index contributed by atoms with van der Waals surface area (Å²) in [6.45, 7) is 5.16. The molecule has 3 heterocycles. The Morgan fingerprint density at radius 3 is 2.59 bits per heavy atom. The van der Waals surface area contributed by atoms with Gasteiger partial charge in [0.15, 0.2) is 5.60 Å². The number of rotatable bonds is 3. The van der Waals surface area contributed by atoms with Gasteiger partial charge in [-0.3, -0.25) is 9.69 Å². The highest BCUT2D eigenvalue weighted by Gasteiger charge is 2.49. The van der Waals surface area contributed by atoms with Crippen LogP contribution in [-0.4, -0.2) is 65.1 Å². The van der Waals surface area contributed by atoms with Crippen molar-refractivity contribution < 1.29 is 23.5 Å². The van der Waals surface area contributed by atoms with E-state index >= 15 is 0 Å². The molecule has 9 heteroatoms. The van der Waals surface area contributed by atoms with E-state index in [1.54, 1.807) is 15.6 Å². The van der Waals surface area contributed by atoms with Crippen LogP contribution in [0, 0.1) is 19.7 Å². The Labute approximate surface area is 196 Å². The molecule has 3 aromatic rings. The molecule has 2 saturated heterocycles. The van der Waals surface area contributed by atoms with E-state index in [9.17, 15) is 14.0 Å². The molecule has 8 nitrogen and oxygen atoms in total. The summed E-state index contributed by atoms with van der Waals surface area (Å²) in [5.74, 6) is -0.562. The van der Waals surface area contributed by atoms with Crippen molar-refractivity contribution in [2.75, 3.05) is 37.7 Å². The van der Waals surface area contributed by atoms with Crippen LogP contribution in [0.1, 0.15) is 21.7 Å². The van der Waals surface area contributed by atoms with Crippen LogP contribution in [0.15, 0.2) is 54.6 Å².